The van der Waals surface area contributed by atoms with E-state index in [0.29, 0.717) is 5.91 Å². The first-order valence-electron chi connectivity index (χ1n) is 9.81. The summed E-state index contributed by atoms with van der Waals surface area (Å²) in [6.45, 7) is 4.90. The predicted molar refractivity (Wildman–Crippen MR) is 109 cm³/mol. The number of piperidine rings is 1. The van der Waals surface area contributed by atoms with Gasteiger partial charge in [0, 0.05) is 39.8 Å². The number of carbonyl (C=O) groups is 3. The Hall–Kier alpha value is -2.39. The van der Waals surface area contributed by atoms with Crippen molar-refractivity contribution < 1.29 is 50.9 Å². The summed E-state index contributed by atoms with van der Waals surface area (Å²) in [4.78, 5) is 37.1. The highest BCUT2D eigenvalue weighted by Crippen LogP contribution is 2.32. The smallest absolute Gasteiger partial charge is 0.475 e. The molecule has 1 spiro atoms. The lowest BCUT2D eigenvalue weighted by atomic mass is 9.83. The van der Waals surface area contributed by atoms with Crippen molar-refractivity contribution in [3.05, 3.63) is 22.4 Å². The summed E-state index contributed by atoms with van der Waals surface area (Å²) in [6.07, 6.45) is -8.26. The molecule has 0 aromatic carbocycles. The number of alkyl halides is 6. The van der Waals surface area contributed by atoms with Crippen molar-refractivity contribution in [2.45, 2.75) is 37.3 Å². The molecule has 2 fully saturated rings. The van der Waals surface area contributed by atoms with Crippen molar-refractivity contribution in [3.63, 3.8) is 0 Å². The zero-order chi connectivity index (χ0) is 26.3. The number of thiophene rings is 1. The van der Waals surface area contributed by atoms with Gasteiger partial charge in [0.1, 0.15) is 5.54 Å². The molecule has 0 radical (unpaired) electrons. The molecule has 0 bridgehead atoms. The molecule has 2 aliphatic heterocycles. The van der Waals surface area contributed by atoms with Gasteiger partial charge >= 0.3 is 24.3 Å². The van der Waals surface area contributed by atoms with Crippen LogP contribution >= 0.6 is 11.3 Å². The van der Waals surface area contributed by atoms with E-state index in [-0.39, 0.29) is 5.54 Å². The number of amides is 1. The van der Waals surface area contributed by atoms with Crippen molar-refractivity contribution in [1.82, 2.24) is 14.7 Å². The first-order chi connectivity index (χ1) is 15.5. The third-order valence-corrected chi connectivity index (χ3v) is 6.13. The number of halogens is 6. The van der Waals surface area contributed by atoms with E-state index in [1.807, 2.05) is 11.9 Å². The highest BCUT2D eigenvalue weighted by atomic mass is 32.1. The molecule has 15 heteroatoms. The van der Waals surface area contributed by atoms with Crippen molar-refractivity contribution in [3.8, 4) is 0 Å². The minimum absolute atomic E-state index is 0.238. The van der Waals surface area contributed by atoms with Gasteiger partial charge in [0.2, 0.25) is 5.91 Å². The van der Waals surface area contributed by atoms with Crippen LogP contribution in [0.15, 0.2) is 16.8 Å². The van der Waals surface area contributed by atoms with Gasteiger partial charge in [-0.1, -0.05) is 0 Å². The minimum atomic E-state index is -5.08. The van der Waals surface area contributed by atoms with E-state index in [9.17, 15) is 31.1 Å². The number of carboxylic acids is 2. The fourth-order valence-electron chi connectivity index (χ4n) is 3.45. The van der Waals surface area contributed by atoms with Crippen LogP contribution in [0.2, 0.25) is 0 Å². The van der Waals surface area contributed by atoms with Crippen LogP contribution in [0.4, 0.5) is 26.3 Å². The molecule has 8 nitrogen and oxygen atoms in total. The van der Waals surface area contributed by atoms with E-state index >= 15 is 0 Å². The molecular weight excluding hydrogens is 496 g/mol. The number of hydrogen-bond donors (Lipinski definition) is 2. The maximum absolute atomic E-state index is 12.6. The van der Waals surface area contributed by atoms with Crippen LogP contribution < -0.4 is 0 Å². The number of carboxylic acid groups (broad SMARTS) is 2. The topological polar surface area (TPSA) is 101 Å². The summed E-state index contributed by atoms with van der Waals surface area (Å²) in [6, 6.07) is 2.20. The van der Waals surface area contributed by atoms with Crippen LogP contribution in [0.5, 0.6) is 0 Å². The summed E-state index contributed by atoms with van der Waals surface area (Å²) in [5.74, 6) is -5.19. The summed E-state index contributed by atoms with van der Waals surface area (Å²) >= 11 is 1.76. The molecule has 2 saturated heterocycles. The van der Waals surface area contributed by atoms with E-state index in [0.717, 1.165) is 45.6 Å². The molecule has 194 valence electrons. The average molecular weight is 521 g/mol. The van der Waals surface area contributed by atoms with Crippen LogP contribution in [0, 0.1) is 0 Å². The molecule has 0 aliphatic carbocycles. The first kappa shape index (κ1) is 29.6. The standard InChI is InChI=1S/C15H23N3OS.2C2HF3O2/c1-16-8-9-17(2)15(14(16)19)4-6-18(7-5-15)11-13-3-10-20-12-13;2*3-2(4,5)1(6)7/h3,10,12H,4-9,11H2,1-2H3;2*(H,6,7). The largest absolute Gasteiger partial charge is 0.490 e. The van der Waals surface area contributed by atoms with Gasteiger partial charge in [-0.25, -0.2) is 9.59 Å². The van der Waals surface area contributed by atoms with E-state index in [2.05, 4.69) is 33.7 Å². The van der Waals surface area contributed by atoms with Gasteiger partial charge in [0.05, 0.1) is 0 Å². The number of rotatable bonds is 2. The molecule has 2 N–H and O–H groups in total. The number of hydrogen-bond acceptors (Lipinski definition) is 6. The number of nitrogens with zero attached hydrogens (tertiary/aromatic N) is 3. The molecule has 2 aliphatic rings. The van der Waals surface area contributed by atoms with Crippen molar-refractivity contribution >= 4 is 29.2 Å². The van der Waals surface area contributed by atoms with Crippen LogP contribution in [0.25, 0.3) is 0 Å². The Kier molecular flexibility index (Phi) is 10.3. The van der Waals surface area contributed by atoms with Gasteiger partial charge in [-0.15, -0.1) is 0 Å². The van der Waals surface area contributed by atoms with E-state index < -0.39 is 24.3 Å². The van der Waals surface area contributed by atoms with Crippen molar-refractivity contribution in [1.29, 1.82) is 0 Å². The second-order valence-corrected chi connectivity index (χ2v) is 8.47. The number of likely N-dealkylation sites (tertiary alicyclic amines) is 1. The monoisotopic (exact) mass is 521 g/mol. The maximum atomic E-state index is 12.6. The highest BCUT2D eigenvalue weighted by molar-refractivity contribution is 7.07. The molecule has 3 heterocycles. The first-order valence-corrected chi connectivity index (χ1v) is 10.8. The number of likely N-dealkylation sites (N-methyl/N-ethyl adjacent to an activating group) is 2. The molecule has 1 aromatic heterocycles. The molecule has 3 rings (SSSR count). The average Bonchev–Trinajstić information content (AvgIpc) is 3.23. The Morgan fingerprint density at radius 2 is 1.44 bits per heavy atom. The summed E-state index contributed by atoms with van der Waals surface area (Å²) in [7, 11) is 4.05. The predicted octanol–water partition coefficient (Wildman–Crippen LogP) is 2.75. The van der Waals surface area contributed by atoms with E-state index in [4.69, 9.17) is 19.8 Å². The zero-order valence-corrected chi connectivity index (χ0v) is 19.1. The lowest BCUT2D eigenvalue weighted by Crippen LogP contribution is -2.66. The van der Waals surface area contributed by atoms with Gasteiger partial charge in [-0.3, -0.25) is 14.6 Å². The Morgan fingerprint density at radius 3 is 1.82 bits per heavy atom. The second-order valence-electron chi connectivity index (χ2n) is 7.69. The number of piperazine rings is 1. The summed E-state index contributed by atoms with van der Waals surface area (Å²) < 4.78 is 63.5. The summed E-state index contributed by atoms with van der Waals surface area (Å²) in [5, 5.41) is 18.6. The fourth-order valence-corrected chi connectivity index (χ4v) is 4.11. The van der Waals surface area contributed by atoms with Crippen molar-refractivity contribution in [2.75, 3.05) is 40.3 Å². The highest BCUT2D eigenvalue weighted by Gasteiger charge is 2.48. The molecule has 1 aromatic rings. The molecule has 0 atom stereocenters. The van der Waals surface area contributed by atoms with Gasteiger partial charge < -0.3 is 15.1 Å². The number of aliphatic carboxylic acids is 2. The quantitative estimate of drug-likeness (QED) is 0.578. The molecule has 0 saturated carbocycles. The normalized spacial score (nSPS) is 19.1. The van der Waals surface area contributed by atoms with Crippen LogP contribution in [0.3, 0.4) is 0 Å². The van der Waals surface area contributed by atoms with E-state index in [1.165, 1.54) is 5.56 Å². The zero-order valence-electron chi connectivity index (χ0n) is 18.3. The lowest BCUT2D eigenvalue weighted by molar-refractivity contribution is -0.193. The Labute approximate surface area is 195 Å². The number of carbonyl (C=O) groups excluding carboxylic acids is 1. The van der Waals surface area contributed by atoms with Crippen LogP contribution in [-0.4, -0.2) is 101 Å². The van der Waals surface area contributed by atoms with Crippen LogP contribution in [-0.2, 0) is 20.9 Å². The molecule has 34 heavy (non-hydrogen) atoms. The van der Waals surface area contributed by atoms with E-state index in [1.54, 1.807) is 11.3 Å². The van der Waals surface area contributed by atoms with Gasteiger partial charge in [-0.05, 0) is 42.3 Å². The minimum Gasteiger partial charge on any atom is -0.475 e. The van der Waals surface area contributed by atoms with Gasteiger partial charge in [0.15, 0.2) is 0 Å². The molecule has 1 amide bonds. The Morgan fingerprint density at radius 1 is 0.971 bits per heavy atom. The fraction of sp³-hybridized carbons (Fsp3) is 0.632. The molecule has 0 unspecified atom stereocenters. The van der Waals surface area contributed by atoms with Crippen LogP contribution in [0.1, 0.15) is 18.4 Å². The van der Waals surface area contributed by atoms with Crippen molar-refractivity contribution in [2.24, 2.45) is 0 Å². The second kappa shape index (κ2) is 11.8. The van der Waals surface area contributed by atoms with Gasteiger partial charge in [0.25, 0.3) is 0 Å². The Balaban J connectivity index is 0.000000343. The third kappa shape index (κ3) is 8.43. The third-order valence-electron chi connectivity index (χ3n) is 5.40. The maximum Gasteiger partial charge on any atom is 0.490 e. The molecular formula is C19H25F6N3O5S. The Bertz CT molecular complexity index is 799. The lowest BCUT2D eigenvalue weighted by Gasteiger charge is -2.50. The SMILES string of the molecule is CN1CCN(C)C2(CCN(Cc3ccsc3)CC2)C1=O.O=C(O)C(F)(F)F.O=C(O)C(F)(F)F. The van der Waals surface area contributed by atoms with Gasteiger partial charge in [-0.2, -0.15) is 37.7 Å². The summed E-state index contributed by atoms with van der Waals surface area (Å²) in [5.41, 5.74) is 1.16.